The SMILES string of the molecule is O=C(O)C(Oc1ccc2c(c1)sc1ncnc(Nc3ccc(OCc4cccc(F)c4)c(Cl)c3)c12)C(=O)O. The van der Waals surface area contributed by atoms with Crippen molar-refractivity contribution in [2.75, 3.05) is 5.32 Å². The first-order valence-corrected chi connectivity index (χ1v) is 12.2. The molecule has 12 heteroatoms. The Hall–Kier alpha value is -4.48. The zero-order valence-electron chi connectivity index (χ0n) is 19.2. The number of anilines is 2. The summed E-state index contributed by atoms with van der Waals surface area (Å²) in [7, 11) is 0. The molecule has 0 bridgehead atoms. The summed E-state index contributed by atoms with van der Waals surface area (Å²) < 4.78 is 25.0. The van der Waals surface area contributed by atoms with E-state index in [-0.39, 0.29) is 18.2 Å². The van der Waals surface area contributed by atoms with Gasteiger partial charge in [0.05, 0.1) is 10.4 Å². The maximum Gasteiger partial charge on any atom is 0.356 e. The van der Waals surface area contributed by atoms with Gasteiger partial charge in [-0.25, -0.2) is 23.9 Å². The predicted octanol–water partition coefficient (Wildman–Crippen LogP) is 5.88. The summed E-state index contributed by atoms with van der Waals surface area (Å²) in [6.45, 7) is 0.156. The number of nitrogens with one attached hydrogen (secondary N) is 1. The Bertz CT molecular complexity index is 1680. The summed E-state index contributed by atoms with van der Waals surface area (Å²) in [5.74, 6) is -2.51. The van der Waals surface area contributed by atoms with E-state index in [0.717, 1.165) is 10.8 Å². The molecular weight excluding hydrogens is 537 g/mol. The fourth-order valence-electron chi connectivity index (χ4n) is 3.72. The molecule has 5 aromatic rings. The topological polar surface area (TPSA) is 131 Å². The van der Waals surface area contributed by atoms with Crippen LogP contribution in [0.3, 0.4) is 0 Å². The molecule has 0 fully saturated rings. The number of ether oxygens (including phenoxy) is 2. The van der Waals surface area contributed by atoms with E-state index in [1.54, 1.807) is 42.5 Å². The van der Waals surface area contributed by atoms with Gasteiger partial charge in [0.2, 0.25) is 0 Å². The number of carbonyl (C=O) groups is 2. The third-order valence-electron chi connectivity index (χ3n) is 5.42. The molecule has 0 atom stereocenters. The van der Waals surface area contributed by atoms with Gasteiger partial charge in [0.15, 0.2) is 0 Å². The monoisotopic (exact) mass is 553 g/mol. The number of hydrogen-bond acceptors (Lipinski definition) is 8. The third kappa shape index (κ3) is 5.29. The van der Waals surface area contributed by atoms with Gasteiger partial charge in [-0.1, -0.05) is 23.7 Å². The first-order valence-electron chi connectivity index (χ1n) is 11.0. The van der Waals surface area contributed by atoms with E-state index in [0.29, 0.717) is 37.4 Å². The van der Waals surface area contributed by atoms with Crippen LogP contribution in [0.15, 0.2) is 67.0 Å². The largest absolute Gasteiger partial charge is 0.487 e. The van der Waals surface area contributed by atoms with E-state index in [9.17, 15) is 14.0 Å². The maximum absolute atomic E-state index is 13.4. The van der Waals surface area contributed by atoms with E-state index in [1.165, 1.54) is 35.9 Å². The number of halogens is 2. The van der Waals surface area contributed by atoms with E-state index in [1.807, 2.05) is 0 Å². The Morgan fingerprint density at radius 2 is 1.87 bits per heavy atom. The highest BCUT2D eigenvalue weighted by Gasteiger charge is 2.28. The number of rotatable bonds is 9. The van der Waals surface area contributed by atoms with Crippen LogP contribution in [-0.2, 0) is 16.2 Å². The summed E-state index contributed by atoms with van der Waals surface area (Å²) in [6, 6.07) is 16.0. The quantitative estimate of drug-likeness (QED) is 0.192. The summed E-state index contributed by atoms with van der Waals surface area (Å²) in [6.07, 6.45) is -0.620. The summed E-state index contributed by atoms with van der Waals surface area (Å²) in [4.78, 5) is 31.7. The van der Waals surface area contributed by atoms with Crippen LogP contribution in [-0.4, -0.2) is 38.2 Å². The lowest BCUT2D eigenvalue weighted by molar-refractivity contribution is -0.159. The summed E-state index contributed by atoms with van der Waals surface area (Å²) >= 11 is 7.74. The van der Waals surface area contributed by atoms with Gasteiger partial charge < -0.3 is 25.0 Å². The number of aliphatic carboxylic acids is 2. The number of aromatic nitrogens is 2. The van der Waals surface area contributed by atoms with Crippen molar-refractivity contribution >= 4 is 66.7 Å². The molecular formula is C26H17ClFN3O6S. The van der Waals surface area contributed by atoms with Gasteiger partial charge in [-0.15, -0.1) is 11.3 Å². The second-order valence-corrected chi connectivity index (χ2v) is 9.46. The minimum atomic E-state index is -2.02. The van der Waals surface area contributed by atoms with Gasteiger partial charge in [-0.2, -0.15) is 0 Å². The van der Waals surface area contributed by atoms with Gasteiger partial charge >= 0.3 is 11.9 Å². The van der Waals surface area contributed by atoms with E-state index >= 15 is 0 Å². The van der Waals surface area contributed by atoms with E-state index in [2.05, 4.69) is 15.3 Å². The molecule has 9 nitrogen and oxygen atoms in total. The molecule has 2 heterocycles. The highest BCUT2D eigenvalue weighted by Crippen LogP contribution is 2.39. The number of carboxylic acid groups (broad SMARTS) is 2. The highest BCUT2D eigenvalue weighted by atomic mass is 35.5. The van der Waals surface area contributed by atoms with Crippen LogP contribution >= 0.6 is 22.9 Å². The smallest absolute Gasteiger partial charge is 0.356 e. The lowest BCUT2D eigenvalue weighted by Gasteiger charge is -2.12. The molecule has 0 aliphatic carbocycles. The van der Waals surface area contributed by atoms with Crippen molar-refractivity contribution in [2.24, 2.45) is 0 Å². The lowest BCUT2D eigenvalue weighted by Crippen LogP contribution is -2.35. The Morgan fingerprint density at radius 1 is 1.05 bits per heavy atom. The molecule has 3 N–H and O–H groups in total. The fraction of sp³-hybridized carbons (Fsp3) is 0.0769. The van der Waals surface area contributed by atoms with Crippen molar-refractivity contribution in [3.63, 3.8) is 0 Å². The second kappa shape index (κ2) is 10.5. The predicted molar refractivity (Wildman–Crippen MR) is 140 cm³/mol. The van der Waals surface area contributed by atoms with Crippen LogP contribution in [0.1, 0.15) is 5.56 Å². The number of carboxylic acids is 2. The Balaban J connectivity index is 1.39. The molecule has 38 heavy (non-hydrogen) atoms. The van der Waals surface area contributed by atoms with Gasteiger partial charge in [0.1, 0.15) is 40.9 Å². The van der Waals surface area contributed by atoms with Gasteiger partial charge in [-0.3, -0.25) is 0 Å². The maximum atomic E-state index is 13.4. The molecule has 0 aliphatic heterocycles. The van der Waals surface area contributed by atoms with Crippen molar-refractivity contribution < 1.29 is 33.7 Å². The molecule has 0 aliphatic rings. The number of hydrogen-bond donors (Lipinski definition) is 3. The Morgan fingerprint density at radius 3 is 2.61 bits per heavy atom. The van der Waals surface area contributed by atoms with Crippen LogP contribution in [0.5, 0.6) is 11.5 Å². The second-order valence-electron chi connectivity index (χ2n) is 8.03. The molecule has 0 saturated heterocycles. The molecule has 3 aromatic carbocycles. The van der Waals surface area contributed by atoms with Crippen LogP contribution in [0.2, 0.25) is 5.02 Å². The molecule has 2 aromatic heterocycles. The van der Waals surface area contributed by atoms with Crippen molar-refractivity contribution in [1.29, 1.82) is 0 Å². The Labute approximate surface area is 223 Å². The number of fused-ring (bicyclic) bond motifs is 3. The molecule has 192 valence electrons. The van der Waals surface area contributed by atoms with Gasteiger partial charge in [0.25, 0.3) is 6.10 Å². The standard InChI is InChI=1S/C26H17ClFN3O6S/c27-18-9-15(4-7-19(18)36-11-13-2-1-3-14(28)8-13)31-23-21-17-6-5-16(37-22(25(32)33)26(34)35)10-20(17)38-24(21)30-12-29-23/h1-10,12,22H,11H2,(H,32,33)(H,34,35)(H,29,30,31). The molecule has 0 unspecified atom stereocenters. The van der Waals surface area contributed by atoms with Crippen LogP contribution in [0, 0.1) is 5.82 Å². The summed E-state index contributed by atoms with van der Waals surface area (Å²) in [5, 5.41) is 23.2. The van der Waals surface area contributed by atoms with Gasteiger partial charge in [0, 0.05) is 15.8 Å². The zero-order chi connectivity index (χ0) is 26.8. The Kier molecular flexibility index (Phi) is 6.95. The van der Waals surface area contributed by atoms with Crippen molar-refractivity contribution in [3.8, 4) is 11.5 Å². The molecule has 0 saturated carbocycles. The van der Waals surface area contributed by atoms with Crippen LogP contribution in [0.25, 0.3) is 20.3 Å². The normalized spacial score (nSPS) is 11.1. The number of nitrogens with zero attached hydrogens (tertiary/aromatic N) is 2. The zero-order valence-corrected chi connectivity index (χ0v) is 20.8. The molecule has 0 spiro atoms. The minimum Gasteiger partial charge on any atom is -0.487 e. The molecule has 5 rings (SSSR count). The van der Waals surface area contributed by atoms with Gasteiger partial charge in [-0.05, 0) is 54.1 Å². The third-order valence-corrected chi connectivity index (χ3v) is 6.78. The van der Waals surface area contributed by atoms with Crippen molar-refractivity contribution in [3.05, 3.63) is 83.4 Å². The average Bonchev–Trinajstić information content (AvgIpc) is 3.25. The van der Waals surface area contributed by atoms with Crippen molar-refractivity contribution in [2.45, 2.75) is 12.7 Å². The first-order chi connectivity index (χ1) is 18.3. The minimum absolute atomic E-state index is 0.0990. The number of benzene rings is 3. The van der Waals surface area contributed by atoms with E-state index in [4.69, 9.17) is 31.3 Å². The van der Waals surface area contributed by atoms with Crippen molar-refractivity contribution in [1.82, 2.24) is 9.97 Å². The average molecular weight is 554 g/mol. The summed E-state index contributed by atoms with van der Waals surface area (Å²) in [5.41, 5.74) is 1.31. The molecule has 0 radical (unpaired) electrons. The van der Waals surface area contributed by atoms with Crippen LogP contribution in [0.4, 0.5) is 15.9 Å². The van der Waals surface area contributed by atoms with Crippen LogP contribution < -0.4 is 14.8 Å². The molecule has 0 amide bonds. The fourth-order valence-corrected chi connectivity index (χ4v) is 5.03. The van der Waals surface area contributed by atoms with E-state index < -0.39 is 18.0 Å². The highest BCUT2D eigenvalue weighted by molar-refractivity contribution is 7.25. The first kappa shape index (κ1) is 25.2. The lowest BCUT2D eigenvalue weighted by atomic mass is 10.2. The number of thiophene rings is 1.